The van der Waals surface area contributed by atoms with Crippen molar-refractivity contribution >= 4 is 16.8 Å². The Kier molecular flexibility index (Phi) is 4.40. The molecule has 29 heavy (non-hydrogen) atoms. The lowest BCUT2D eigenvalue weighted by atomic mass is 10.1. The summed E-state index contributed by atoms with van der Waals surface area (Å²) < 4.78 is 12.9. The number of benzene rings is 2. The maximum Gasteiger partial charge on any atom is 0.269 e. The third-order valence-corrected chi connectivity index (χ3v) is 5.03. The van der Waals surface area contributed by atoms with Crippen LogP contribution in [0, 0.1) is 0 Å². The first-order valence-electron chi connectivity index (χ1n) is 9.55. The van der Waals surface area contributed by atoms with E-state index in [9.17, 15) is 4.79 Å². The Morgan fingerprint density at radius 2 is 2.00 bits per heavy atom. The van der Waals surface area contributed by atoms with E-state index in [0.717, 1.165) is 24.3 Å². The van der Waals surface area contributed by atoms with E-state index in [4.69, 9.17) is 9.47 Å². The lowest BCUT2D eigenvalue weighted by Gasteiger charge is -2.06. The highest BCUT2D eigenvalue weighted by atomic mass is 16.7. The van der Waals surface area contributed by atoms with Gasteiger partial charge in [-0.05, 0) is 48.2 Å². The molecule has 1 aliphatic heterocycles. The number of rotatable bonds is 6. The van der Waals surface area contributed by atoms with E-state index in [0.29, 0.717) is 23.7 Å². The van der Waals surface area contributed by atoms with Crippen LogP contribution in [0.3, 0.4) is 0 Å². The van der Waals surface area contributed by atoms with Gasteiger partial charge < -0.3 is 19.4 Å². The molecule has 1 amide bonds. The second-order valence-electron chi connectivity index (χ2n) is 6.91. The van der Waals surface area contributed by atoms with E-state index < -0.39 is 0 Å². The number of hydrogen-bond acceptors (Lipinski definition) is 4. The number of H-pyrrole nitrogens is 1. The van der Waals surface area contributed by atoms with Crippen LogP contribution in [0.15, 0.2) is 60.8 Å². The first kappa shape index (κ1) is 17.4. The molecule has 0 spiro atoms. The molecule has 4 aromatic rings. The Labute approximate surface area is 167 Å². The van der Waals surface area contributed by atoms with Gasteiger partial charge in [0.2, 0.25) is 6.79 Å². The zero-order chi connectivity index (χ0) is 19.6. The van der Waals surface area contributed by atoms with Crippen LogP contribution in [0.1, 0.15) is 16.9 Å². The fourth-order valence-corrected chi connectivity index (χ4v) is 3.52. The molecule has 0 saturated carbocycles. The molecule has 5 rings (SSSR count). The van der Waals surface area contributed by atoms with Crippen LogP contribution >= 0.6 is 0 Å². The van der Waals surface area contributed by atoms with Crippen LogP contribution in [0.5, 0.6) is 11.5 Å². The summed E-state index contributed by atoms with van der Waals surface area (Å²) in [6.07, 6.45) is 2.92. The number of hydrogen-bond donors (Lipinski definition) is 2. The van der Waals surface area contributed by atoms with E-state index in [2.05, 4.69) is 44.5 Å². The lowest BCUT2D eigenvalue weighted by Crippen LogP contribution is -2.25. The third-order valence-electron chi connectivity index (χ3n) is 5.03. The van der Waals surface area contributed by atoms with Crippen LogP contribution in [0.4, 0.5) is 0 Å². The zero-order valence-electron chi connectivity index (χ0n) is 15.7. The van der Waals surface area contributed by atoms with Crippen molar-refractivity contribution < 1.29 is 14.3 Å². The molecule has 0 aliphatic carbocycles. The molecule has 3 heterocycles. The number of carbonyl (C=O) groups excluding carboxylic acids is 1. The van der Waals surface area contributed by atoms with Gasteiger partial charge in [-0.2, -0.15) is 5.10 Å². The van der Waals surface area contributed by atoms with Crippen molar-refractivity contribution in [2.24, 2.45) is 0 Å². The summed E-state index contributed by atoms with van der Waals surface area (Å²) in [5.74, 6) is 1.24. The lowest BCUT2D eigenvalue weighted by molar-refractivity contribution is 0.0947. The number of aromatic nitrogens is 3. The van der Waals surface area contributed by atoms with Crippen molar-refractivity contribution in [2.75, 3.05) is 13.3 Å². The molecule has 7 heteroatoms. The van der Waals surface area contributed by atoms with Gasteiger partial charge in [-0.15, -0.1) is 0 Å². The topological polar surface area (TPSA) is 81.2 Å². The van der Waals surface area contributed by atoms with Gasteiger partial charge >= 0.3 is 0 Å². The molecule has 0 atom stereocenters. The Morgan fingerprint density at radius 3 is 2.97 bits per heavy atom. The van der Waals surface area contributed by atoms with Gasteiger partial charge in [-0.25, -0.2) is 0 Å². The number of aryl methyl sites for hydroxylation is 1. The maximum atomic E-state index is 12.4. The quantitative estimate of drug-likeness (QED) is 0.495. The zero-order valence-corrected chi connectivity index (χ0v) is 15.7. The van der Waals surface area contributed by atoms with Crippen LogP contribution in [-0.2, 0) is 6.54 Å². The molecule has 1 aliphatic rings. The number of ether oxygens (including phenoxy) is 2. The van der Waals surface area contributed by atoms with Gasteiger partial charge in [0.1, 0.15) is 5.69 Å². The molecule has 146 valence electrons. The van der Waals surface area contributed by atoms with Crippen molar-refractivity contribution in [1.82, 2.24) is 20.1 Å². The average Bonchev–Trinajstić information content (AvgIpc) is 3.50. The molecular weight excluding hydrogens is 368 g/mol. The van der Waals surface area contributed by atoms with E-state index in [1.54, 1.807) is 6.07 Å². The molecule has 2 aromatic carbocycles. The molecular formula is C22H20N4O3. The largest absolute Gasteiger partial charge is 0.454 e. The molecule has 0 fully saturated rings. The fourth-order valence-electron chi connectivity index (χ4n) is 3.52. The predicted molar refractivity (Wildman–Crippen MR) is 109 cm³/mol. The van der Waals surface area contributed by atoms with Crippen molar-refractivity contribution in [3.05, 3.63) is 66.5 Å². The van der Waals surface area contributed by atoms with Gasteiger partial charge in [-0.3, -0.25) is 9.89 Å². The van der Waals surface area contributed by atoms with E-state index in [1.807, 2.05) is 30.3 Å². The average molecular weight is 388 g/mol. The summed E-state index contributed by atoms with van der Waals surface area (Å²) in [4.78, 5) is 12.4. The summed E-state index contributed by atoms with van der Waals surface area (Å²) in [7, 11) is 0. The Morgan fingerprint density at radius 1 is 1.10 bits per heavy atom. The Bertz CT molecular complexity index is 1180. The first-order chi connectivity index (χ1) is 14.3. The summed E-state index contributed by atoms with van der Waals surface area (Å²) in [5, 5.41) is 11.2. The normalized spacial score (nSPS) is 12.4. The van der Waals surface area contributed by atoms with Gasteiger partial charge in [0.15, 0.2) is 11.5 Å². The van der Waals surface area contributed by atoms with E-state index >= 15 is 0 Å². The first-order valence-corrected chi connectivity index (χ1v) is 9.55. The molecule has 0 bridgehead atoms. The number of carbonyl (C=O) groups is 1. The maximum absolute atomic E-state index is 12.4. The minimum absolute atomic E-state index is 0.165. The number of nitrogens with zero attached hydrogens (tertiary/aromatic N) is 2. The van der Waals surface area contributed by atoms with Crippen molar-refractivity contribution in [3.8, 4) is 22.8 Å². The summed E-state index contributed by atoms with van der Waals surface area (Å²) in [6, 6.07) is 17.7. The number of fused-ring (bicyclic) bond motifs is 2. The standard InChI is InChI=1S/C22H20N4O3/c27-22(23-9-3-10-26-11-8-15-4-1-2-5-19(15)26)18-13-17(24-25-18)16-6-7-20-21(12-16)29-14-28-20/h1-2,4-8,11-13H,3,9-10,14H2,(H,23,27)(H,24,25). The minimum atomic E-state index is -0.165. The number of aromatic amines is 1. The molecule has 0 unspecified atom stereocenters. The van der Waals surface area contributed by atoms with Crippen molar-refractivity contribution in [2.45, 2.75) is 13.0 Å². The predicted octanol–water partition coefficient (Wildman–Crippen LogP) is 3.58. The summed E-state index contributed by atoms with van der Waals surface area (Å²) >= 11 is 0. The van der Waals surface area contributed by atoms with Crippen LogP contribution in [0.25, 0.3) is 22.2 Å². The second-order valence-corrected chi connectivity index (χ2v) is 6.91. The highest BCUT2D eigenvalue weighted by Gasteiger charge is 2.16. The van der Waals surface area contributed by atoms with E-state index in [-0.39, 0.29) is 12.7 Å². The Balaban J connectivity index is 1.17. The molecule has 7 nitrogen and oxygen atoms in total. The van der Waals surface area contributed by atoms with E-state index in [1.165, 1.54) is 10.9 Å². The van der Waals surface area contributed by atoms with Crippen molar-refractivity contribution in [1.29, 1.82) is 0 Å². The van der Waals surface area contributed by atoms with Crippen LogP contribution in [-0.4, -0.2) is 34.0 Å². The molecule has 0 radical (unpaired) electrons. The summed E-state index contributed by atoms with van der Waals surface area (Å²) in [6.45, 7) is 1.66. The van der Waals surface area contributed by atoms with Crippen LogP contribution < -0.4 is 14.8 Å². The highest BCUT2D eigenvalue weighted by Crippen LogP contribution is 2.35. The number of amides is 1. The van der Waals surface area contributed by atoms with Crippen LogP contribution in [0.2, 0.25) is 0 Å². The van der Waals surface area contributed by atoms with Gasteiger partial charge in [0.25, 0.3) is 5.91 Å². The fraction of sp³-hybridized carbons (Fsp3) is 0.182. The third kappa shape index (κ3) is 3.42. The molecule has 2 N–H and O–H groups in total. The molecule has 0 saturated heterocycles. The van der Waals surface area contributed by atoms with Crippen molar-refractivity contribution in [3.63, 3.8) is 0 Å². The monoisotopic (exact) mass is 388 g/mol. The highest BCUT2D eigenvalue weighted by molar-refractivity contribution is 5.93. The van der Waals surface area contributed by atoms with Gasteiger partial charge in [0, 0.05) is 30.4 Å². The summed E-state index contributed by atoms with van der Waals surface area (Å²) in [5.41, 5.74) is 3.20. The molecule has 2 aromatic heterocycles. The second kappa shape index (κ2) is 7.35. The smallest absolute Gasteiger partial charge is 0.269 e. The minimum Gasteiger partial charge on any atom is -0.454 e. The van der Waals surface area contributed by atoms with Gasteiger partial charge in [-0.1, -0.05) is 18.2 Å². The van der Waals surface area contributed by atoms with Gasteiger partial charge in [0.05, 0.1) is 5.69 Å². The number of para-hydroxylation sites is 1. The SMILES string of the molecule is O=C(NCCCn1ccc2ccccc21)c1cc(-c2ccc3c(c2)OCO3)n[nH]1. The number of nitrogens with one attached hydrogen (secondary N) is 2. The Hall–Kier alpha value is -3.74.